The van der Waals surface area contributed by atoms with Crippen molar-refractivity contribution in [2.75, 3.05) is 4.90 Å². The van der Waals surface area contributed by atoms with Gasteiger partial charge in [0.25, 0.3) is 0 Å². The van der Waals surface area contributed by atoms with E-state index < -0.39 is 0 Å². The van der Waals surface area contributed by atoms with Crippen molar-refractivity contribution in [2.24, 2.45) is 0 Å². The van der Waals surface area contributed by atoms with E-state index in [-0.39, 0.29) is 0 Å². The van der Waals surface area contributed by atoms with Crippen molar-refractivity contribution in [3.8, 4) is 22.3 Å². The fourth-order valence-electron chi connectivity index (χ4n) is 8.70. The number of nitrogens with zero attached hydrogens (tertiary/aromatic N) is 1. The smallest absolute Gasteiger partial charge is 0.143 e. The SMILES string of the molecule is C1=CCCC(c2cccc(-c3ccc(N(c4ccc5c(ccc6ccccc65)c4)c4ccccc4-c4cccc5c4oc4cc6ccccc6cc45)cc3)c2)=C1. The molecule has 1 aromatic heterocycles. The lowest BCUT2D eigenvalue weighted by Crippen LogP contribution is -2.11. The molecule has 264 valence electrons. The molecular formula is C54H37NO. The van der Waals surface area contributed by atoms with Gasteiger partial charge in [-0.25, -0.2) is 0 Å². The second-order valence-electron chi connectivity index (χ2n) is 14.8. The van der Waals surface area contributed by atoms with Crippen molar-refractivity contribution in [3.05, 3.63) is 206 Å². The van der Waals surface area contributed by atoms with E-state index in [1.165, 1.54) is 54.6 Å². The standard InChI is InChI=1S/C54H37NO/c1-2-12-36(13-3-1)39-17-10-18-40(32-39)37-26-28-44(29-27-37)55(45-30-31-47-43(33-45)25-24-38-14-6-7-19-46(38)47)52-23-9-8-20-48(52)49-21-11-22-50-51-34-41-15-4-5-16-42(41)35-53(51)56-54(49)50/h1-2,4-12,14-35H,3,13H2. The lowest BCUT2D eigenvalue weighted by molar-refractivity contribution is 0.670. The molecule has 0 amide bonds. The predicted molar refractivity (Wildman–Crippen MR) is 238 cm³/mol. The monoisotopic (exact) mass is 715 g/mol. The summed E-state index contributed by atoms with van der Waals surface area (Å²) in [6, 6.07) is 66.2. The zero-order valence-corrected chi connectivity index (χ0v) is 30.8. The lowest BCUT2D eigenvalue weighted by atomic mass is 9.94. The van der Waals surface area contributed by atoms with Gasteiger partial charge in [-0.15, -0.1) is 0 Å². The number of hydrogen-bond donors (Lipinski definition) is 0. The Morgan fingerprint density at radius 2 is 1.12 bits per heavy atom. The minimum absolute atomic E-state index is 0.897. The van der Waals surface area contributed by atoms with Crippen molar-refractivity contribution in [3.63, 3.8) is 0 Å². The molecule has 10 aromatic rings. The van der Waals surface area contributed by atoms with E-state index in [0.29, 0.717) is 0 Å². The van der Waals surface area contributed by atoms with Gasteiger partial charge in [-0.1, -0.05) is 152 Å². The quantitative estimate of drug-likeness (QED) is 0.159. The molecule has 0 radical (unpaired) electrons. The Balaban J connectivity index is 1.08. The summed E-state index contributed by atoms with van der Waals surface area (Å²) in [6.45, 7) is 0. The van der Waals surface area contributed by atoms with Crippen LogP contribution in [0.1, 0.15) is 18.4 Å². The van der Waals surface area contributed by atoms with E-state index in [4.69, 9.17) is 4.42 Å². The van der Waals surface area contributed by atoms with Crippen LogP contribution in [0.25, 0.3) is 82.1 Å². The molecule has 0 saturated carbocycles. The van der Waals surface area contributed by atoms with Gasteiger partial charge in [0.1, 0.15) is 11.2 Å². The van der Waals surface area contributed by atoms with Crippen LogP contribution in [0.3, 0.4) is 0 Å². The Hall–Kier alpha value is -7.16. The molecule has 1 heterocycles. The van der Waals surface area contributed by atoms with Gasteiger partial charge in [0.15, 0.2) is 0 Å². The van der Waals surface area contributed by atoms with E-state index in [1.807, 2.05) is 0 Å². The van der Waals surface area contributed by atoms with Crippen molar-refractivity contribution < 1.29 is 4.42 Å². The first-order chi connectivity index (χ1) is 27.7. The van der Waals surface area contributed by atoms with Gasteiger partial charge in [0, 0.05) is 33.3 Å². The number of benzene rings is 9. The molecule has 0 bridgehead atoms. The normalized spacial score (nSPS) is 12.9. The van der Waals surface area contributed by atoms with Gasteiger partial charge in [-0.3, -0.25) is 0 Å². The molecule has 11 rings (SSSR count). The summed E-state index contributed by atoms with van der Waals surface area (Å²) in [5.41, 5.74) is 12.3. The molecule has 56 heavy (non-hydrogen) atoms. The molecule has 0 saturated heterocycles. The highest BCUT2D eigenvalue weighted by atomic mass is 16.3. The largest absolute Gasteiger partial charge is 0.455 e. The van der Waals surface area contributed by atoms with Crippen LogP contribution in [0.4, 0.5) is 17.1 Å². The first-order valence-corrected chi connectivity index (χ1v) is 19.5. The van der Waals surface area contributed by atoms with Crippen molar-refractivity contribution in [1.82, 2.24) is 0 Å². The molecule has 2 heteroatoms. The Morgan fingerprint density at radius 3 is 2.00 bits per heavy atom. The minimum atomic E-state index is 0.897. The third-order valence-electron chi connectivity index (χ3n) is 11.5. The fraction of sp³-hybridized carbons (Fsp3) is 0.0370. The zero-order chi connectivity index (χ0) is 37.0. The van der Waals surface area contributed by atoms with E-state index in [2.05, 4.69) is 205 Å². The fourth-order valence-corrected chi connectivity index (χ4v) is 8.70. The van der Waals surface area contributed by atoms with Crippen LogP contribution in [-0.4, -0.2) is 0 Å². The minimum Gasteiger partial charge on any atom is -0.455 e. The van der Waals surface area contributed by atoms with Crippen LogP contribution in [0.15, 0.2) is 205 Å². The number of furan rings is 1. The van der Waals surface area contributed by atoms with Gasteiger partial charge in [0.05, 0.1) is 5.69 Å². The second-order valence-corrected chi connectivity index (χ2v) is 14.8. The van der Waals surface area contributed by atoms with E-state index in [1.54, 1.807) is 0 Å². The van der Waals surface area contributed by atoms with Gasteiger partial charge in [-0.2, -0.15) is 0 Å². The molecule has 0 N–H and O–H groups in total. The number of allylic oxidation sites excluding steroid dienone is 4. The van der Waals surface area contributed by atoms with Crippen LogP contribution in [0.2, 0.25) is 0 Å². The van der Waals surface area contributed by atoms with Gasteiger partial charge in [-0.05, 0) is 116 Å². The Kier molecular flexibility index (Phi) is 7.67. The molecule has 1 aliphatic rings. The molecule has 0 aliphatic heterocycles. The molecule has 2 nitrogen and oxygen atoms in total. The maximum absolute atomic E-state index is 6.78. The van der Waals surface area contributed by atoms with Gasteiger partial charge in [0.2, 0.25) is 0 Å². The summed E-state index contributed by atoms with van der Waals surface area (Å²) in [5, 5.41) is 9.60. The maximum Gasteiger partial charge on any atom is 0.143 e. The Labute approximate surface area is 325 Å². The van der Waals surface area contributed by atoms with Crippen molar-refractivity contribution in [2.45, 2.75) is 12.8 Å². The summed E-state index contributed by atoms with van der Waals surface area (Å²) in [5.74, 6) is 0. The Morgan fingerprint density at radius 1 is 0.429 bits per heavy atom. The second kappa shape index (κ2) is 13.3. The average molecular weight is 716 g/mol. The zero-order valence-electron chi connectivity index (χ0n) is 30.8. The summed E-state index contributed by atoms with van der Waals surface area (Å²) >= 11 is 0. The molecular weight excluding hydrogens is 679 g/mol. The highest BCUT2D eigenvalue weighted by molar-refractivity contribution is 6.14. The van der Waals surface area contributed by atoms with Crippen LogP contribution < -0.4 is 4.90 Å². The summed E-state index contributed by atoms with van der Waals surface area (Å²) < 4.78 is 6.78. The number of anilines is 3. The molecule has 0 atom stereocenters. The maximum atomic E-state index is 6.78. The van der Waals surface area contributed by atoms with Crippen molar-refractivity contribution >= 4 is 76.9 Å². The molecule has 0 spiro atoms. The summed E-state index contributed by atoms with van der Waals surface area (Å²) in [6.07, 6.45) is 8.84. The van der Waals surface area contributed by atoms with Crippen LogP contribution in [0, 0.1) is 0 Å². The number of fused-ring (bicyclic) bond motifs is 7. The Bertz CT molecular complexity index is 3200. The van der Waals surface area contributed by atoms with Crippen LogP contribution >= 0.6 is 0 Å². The third kappa shape index (κ3) is 5.49. The van der Waals surface area contributed by atoms with Gasteiger partial charge < -0.3 is 9.32 Å². The molecule has 1 aliphatic carbocycles. The topological polar surface area (TPSA) is 16.4 Å². The van der Waals surface area contributed by atoms with Crippen LogP contribution in [-0.2, 0) is 0 Å². The molecule has 9 aromatic carbocycles. The van der Waals surface area contributed by atoms with E-state index in [0.717, 1.165) is 63.0 Å². The van der Waals surface area contributed by atoms with Crippen LogP contribution in [0.5, 0.6) is 0 Å². The molecule has 0 unspecified atom stereocenters. The first-order valence-electron chi connectivity index (χ1n) is 19.5. The van der Waals surface area contributed by atoms with Crippen molar-refractivity contribution in [1.29, 1.82) is 0 Å². The third-order valence-corrected chi connectivity index (χ3v) is 11.5. The summed E-state index contributed by atoms with van der Waals surface area (Å²) in [7, 11) is 0. The number of para-hydroxylation sites is 2. The highest BCUT2D eigenvalue weighted by Gasteiger charge is 2.21. The highest BCUT2D eigenvalue weighted by Crippen LogP contribution is 2.45. The number of rotatable bonds is 6. The summed E-state index contributed by atoms with van der Waals surface area (Å²) in [4.78, 5) is 2.40. The van der Waals surface area contributed by atoms with Gasteiger partial charge >= 0.3 is 0 Å². The molecule has 0 fully saturated rings. The average Bonchev–Trinajstić information content (AvgIpc) is 3.64. The van der Waals surface area contributed by atoms with E-state index in [9.17, 15) is 0 Å². The number of hydrogen-bond acceptors (Lipinski definition) is 2. The lowest BCUT2D eigenvalue weighted by Gasteiger charge is -2.28. The predicted octanol–water partition coefficient (Wildman–Crippen LogP) is 15.6. The first kappa shape index (κ1) is 32.3. The van der Waals surface area contributed by atoms with E-state index >= 15 is 0 Å².